The molecule has 1 amide bonds. The van der Waals surface area contributed by atoms with Crippen molar-refractivity contribution >= 4 is 34.8 Å². The van der Waals surface area contributed by atoms with Gasteiger partial charge in [-0.3, -0.25) is 4.79 Å². The number of nitrogens with one attached hydrogen (secondary N) is 1. The van der Waals surface area contributed by atoms with Crippen LogP contribution in [0.1, 0.15) is 17.3 Å². The fourth-order valence-corrected chi connectivity index (χ4v) is 2.25. The Hall–Kier alpha value is -2.14. The van der Waals surface area contributed by atoms with Crippen LogP contribution < -0.4 is 10.2 Å². The molecule has 1 N–H and O–H groups in total. The van der Waals surface area contributed by atoms with Crippen molar-refractivity contribution in [1.29, 1.82) is 0 Å². The third-order valence-corrected chi connectivity index (χ3v) is 3.16. The molecule has 0 saturated carbocycles. The van der Waals surface area contributed by atoms with Gasteiger partial charge in [0.1, 0.15) is 11.0 Å². The maximum absolute atomic E-state index is 12.2. The number of pyridine rings is 2. The minimum absolute atomic E-state index is 0.190. The van der Waals surface area contributed by atoms with E-state index >= 15 is 0 Å². The predicted molar refractivity (Wildman–Crippen MR) is 74.1 cm³/mol. The average Bonchev–Trinajstić information content (AvgIpc) is 2.53. The maximum atomic E-state index is 12.2. The van der Waals surface area contributed by atoms with Gasteiger partial charge in [0.05, 0.1) is 11.3 Å². The second kappa shape index (κ2) is 4.51. The lowest BCUT2D eigenvalue weighted by atomic mass is 10.2. The van der Waals surface area contributed by atoms with E-state index in [2.05, 4.69) is 15.3 Å². The van der Waals surface area contributed by atoms with E-state index in [1.807, 2.05) is 11.8 Å². The first kappa shape index (κ1) is 11.9. The van der Waals surface area contributed by atoms with E-state index in [0.717, 1.165) is 0 Å². The minimum atomic E-state index is -0.190. The number of hydrogen-bond donors (Lipinski definition) is 1. The number of anilines is 3. The van der Waals surface area contributed by atoms with Gasteiger partial charge in [0.15, 0.2) is 5.82 Å². The summed E-state index contributed by atoms with van der Waals surface area (Å²) in [5, 5.41) is 3.21. The molecule has 2 aromatic heterocycles. The van der Waals surface area contributed by atoms with Crippen LogP contribution in [0, 0.1) is 0 Å². The van der Waals surface area contributed by atoms with Gasteiger partial charge in [0, 0.05) is 12.7 Å². The summed E-state index contributed by atoms with van der Waals surface area (Å²) in [5.41, 5.74) is 1.16. The van der Waals surface area contributed by atoms with Gasteiger partial charge in [-0.1, -0.05) is 11.6 Å². The number of halogens is 1. The number of rotatable bonds is 1. The van der Waals surface area contributed by atoms with Crippen molar-refractivity contribution < 1.29 is 4.79 Å². The van der Waals surface area contributed by atoms with Crippen molar-refractivity contribution in [2.45, 2.75) is 6.92 Å². The summed E-state index contributed by atoms with van der Waals surface area (Å²) in [6, 6.07) is 6.88. The highest BCUT2D eigenvalue weighted by atomic mass is 35.5. The topological polar surface area (TPSA) is 58.1 Å². The van der Waals surface area contributed by atoms with Crippen LogP contribution in [-0.4, -0.2) is 22.4 Å². The zero-order chi connectivity index (χ0) is 13.4. The first-order chi connectivity index (χ1) is 9.20. The number of aromatic nitrogens is 2. The Labute approximate surface area is 115 Å². The zero-order valence-corrected chi connectivity index (χ0v) is 11.0. The molecule has 2 aromatic rings. The largest absolute Gasteiger partial charge is 0.319 e. The summed E-state index contributed by atoms with van der Waals surface area (Å²) >= 11 is 5.94. The smallest absolute Gasteiger partial charge is 0.259 e. The molecule has 0 aromatic carbocycles. The van der Waals surface area contributed by atoms with Gasteiger partial charge in [-0.05, 0) is 31.2 Å². The van der Waals surface area contributed by atoms with Crippen LogP contribution in [0.25, 0.3) is 0 Å². The first-order valence-electron chi connectivity index (χ1n) is 5.91. The van der Waals surface area contributed by atoms with Gasteiger partial charge in [0.25, 0.3) is 5.91 Å². The van der Waals surface area contributed by atoms with E-state index in [-0.39, 0.29) is 5.91 Å². The van der Waals surface area contributed by atoms with Crippen molar-refractivity contribution in [3.63, 3.8) is 0 Å². The third-order valence-electron chi connectivity index (χ3n) is 2.95. The quantitative estimate of drug-likeness (QED) is 0.813. The molecule has 6 heteroatoms. The molecular formula is C13H11ClN4O. The van der Waals surface area contributed by atoms with Gasteiger partial charge >= 0.3 is 0 Å². The van der Waals surface area contributed by atoms with Crippen molar-refractivity contribution in [3.05, 3.63) is 41.2 Å². The standard InChI is InChI=1S/C13H11ClN4O/c1-2-18-11-8(4-3-7-15-11)13(19)16-9-5-6-10(14)17-12(9)18/h3-7H,2H2,1H3,(H,16,19). The molecule has 1 aliphatic heterocycles. The van der Waals surface area contributed by atoms with Crippen LogP contribution in [0.4, 0.5) is 17.3 Å². The Kier molecular flexibility index (Phi) is 2.83. The summed E-state index contributed by atoms with van der Waals surface area (Å²) in [6.45, 7) is 2.61. The Morgan fingerprint density at radius 2 is 2.16 bits per heavy atom. The predicted octanol–water partition coefficient (Wildman–Crippen LogP) is 2.85. The van der Waals surface area contributed by atoms with E-state index in [9.17, 15) is 4.79 Å². The van der Waals surface area contributed by atoms with Gasteiger partial charge in [-0.2, -0.15) is 0 Å². The van der Waals surface area contributed by atoms with Crippen LogP contribution >= 0.6 is 11.6 Å². The van der Waals surface area contributed by atoms with E-state index in [1.165, 1.54) is 0 Å². The van der Waals surface area contributed by atoms with Crippen LogP contribution in [0.15, 0.2) is 30.5 Å². The van der Waals surface area contributed by atoms with Crippen molar-refractivity contribution in [2.24, 2.45) is 0 Å². The summed E-state index contributed by atoms with van der Waals surface area (Å²) in [4.78, 5) is 22.6. The number of carbonyl (C=O) groups is 1. The lowest BCUT2D eigenvalue weighted by molar-refractivity contribution is 0.102. The van der Waals surface area contributed by atoms with Gasteiger partial charge in [-0.25, -0.2) is 9.97 Å². The molecule has 0 saturated heterocycles. The Bertz CT molecular complexity index is 659. The molecule has 0 spiro atoms. The zero-order valence-electron chi connectivity index (χ0n) is 10.2. The van der Waals surface area contributed by atoms with Crippen LogP contribution in [0.2, 0.25) is 5.15 Å². The lowest BCUT2D eigenvalue weighted by Gasteiger charge is -2.21. The molecule has 0 aliphatic carbocycles. The summed E-state index contributed by atoms with van der Waals surface area (Å²) in [7, 11) is 0. The lowest BCUT2D eigenvalue weighted by Crippen LogP contribution is -2.19. The second-order valence-corrected chi connectivity index (χ2v) is 4.47. The number of nitrogens with zero attached hydrogens (tertiary/aromatic N) is 3. The Morgan fingerprint density at radius 3 is 2.95 bits per heavy atom. The SMILES string of the molecule is CCN1c2nc(Cl)ccc2NC(=O)c2cccnc21. The molecule has 0 bridgehead atoms. The number of fused-ring (bicyclic) bond motifs is 2. The molecule has 3 heterocycles. The summed E-state index contributed by atoms with van der Waals surface area (Å²) in [5.74, 6) is 1.02. The van der Waals surface area contributed by atoms with Gasteiger partial charge < -0.3 is 10.2 Å². The number of carbonyl (C=O) groups excluding carboxylic acids is 1. The van der Waals surface area contributed by atoms with E-state index in [1.54, 1.807) is 30.5 Å². The molecule has 19 heavy (non-hydrogen) atoms. The molecule has 0 unspecified atom stereocenters. The third kappa shape index (κ3) is 1.92. The molecule has 5 nitrogen and oxygen atoms in total. The second-order valence-electron chi connectivity index (χ2n) is 4.08. The molecule has 0 fully saturated rings. The highest BCUT2D eigenvalue weighted by Gasteiger charge is 2.26. The van der Waals surface area contributed by atoms with Gasteiger partial charge in [0.2, 0.25) is 0 Å². The minimum Gasteiger partial charge on any atom is -0.319 e. The van der Waals surface area contributed by atoms with Crippen LogP contribution in [-0.2, 0) is 0 Å². The molecule has 0 atom stereocenters. The van der Waals surface area contributed by atoms with Crippen molar-refractivity contribution in [1.82, 2.24) is 9.97 Å². The van der Waals surface area contributed by atoms with Gasteiger partial charge in [-0.15, -0.1) is 0 Å². The number of hydrogen-bond acceptors (Lipinski definition) is 4. The van der Waals surface area contributed by atoms with E-state index in [0.29, 0.717) is 34.6 Å². The van der Waals surface area contributed by atoms with E-state index in [4.69, 9.17) is 11.6 Å². The number of amides is 1. The monoisotopic (exact) mass is 274 g/mol. The molecule has 0 radical (unpaired) electrons. The fourth-order valence-electron chi connectivity index (χ4n) is 2.11. The average molecular weight is 275 g/mol. The van der Waals surface area contributed by atoms with Crippen LogP contribution in [0.3, 0.4) is 0 Å². The highest BCUT2D eigenvalue weighted by molar-refractivity contribution is 6.29. The summed E-state index contributed by atoms with van der Waals surface area (Å²) < 4.78 is 0. The first-order valence-corrected chi connectivity index (χ1v) is 6.29. The molecule has 96 valence electrons. The molecule has 3 rings (SSSR count). The maximum Gasteiger partial charge on any atom is 0.259 e. The Balaban J connectivity index is 2.27. The van der Waals surface area contributed by atoms with E-state index < -0.39 is 0 Å². The fraction of sp³-hybridized carbons (Fsp3) is 0.154. The highest BCUT2D eigenvalue weighted by Crippen LogP contribution is 2.35. The Morgan fingerprint density at radius 1 is 1.32 bits per heavy atom. The normalized spacial score (nSPS) is 13.4. The summed E-state index contributed by atoms with van der Waals surface area (Å²) in [6.07, 6.45) is 1.66. The molecular weight excluding hydrogens is 264 g/mol. The van der Waals surface area contributed by atoms with Crippen molar-refractivity contribution in [2.75, 3.05) is 16.8 Å². The van der Waals surface area contributed by atoms with Crippen molar-refractivity contribution in [3.8, 4) is 0 Å². The molecule has 1 aliphatic rings. The van der Waals surface area contributed by atoms with Crippen LogP contribution in [0.5, 0.6) is 0 Å².